The molecular formula is C18H20ClFN2O3S. The highest BCUT2D eigenvalue weighted by Crippen LogP contribution is 2.25. The van der Waals surface area contributed by atoms with Crippen molar-refractivity contribution in [1.29, 1.82) is 0 Å². The van der Waals surface area contributed by atoms with E-state index in [0.29, 0.717) is 39.3 Å². The summed E-state index contributed by atoms with van der Waals surface area (Å²) in [5.74, 6) is -0.157. The Morgan fingerprint density at radius 1 is 1.00 bits per heavy atom. The molecule has 0 bridgehead atoms. The average Bonchev–Trinajstić information content (AvgIpc) is 2.64. The van der Waals surface area contributed by atoms with Gasteiger partial charge in [0, 0.05) is 32.7 Å². The maximum atomic E-state index is 13.5. The number of piperazine rings is 1. The molecule has 1 saturated heterocycles. The number of benzene rings is 2. The average molecular weight is 399 g/mol. The summed E-state index contributed by atoms with van der Waals surface area (Å²) in [6, 6.07) is 12.7. The summed E-state index contributed by atoms with van der Waals surface area (Å²) in [6.45, 7) is 2.89. The minimum atomic E-state index is -3.59. The van der Waals surface area contributed by atoms with Crippen LogP contribution < -0.4 is 4.74 Å². The first-order valence-electron chi connectivity index (χ1n) is 8.33. The van der Waals surface area contributed by atoms with Crippen molar-refractivity contribution in [1.82, 2.24) is 9.21 Å². The highest BCUT2D eigenvalue weighted by atomic mass is 35.5. The Kier molecular flexibility index (Phi) is 6.13. The van der Waals surface area contributed by atoms with Crippen LogP contribution in [0.25, 0.3) is 0 Å². The minimum absolute atomic E-state index is 0.137. The molecule has 2 aromatic carbocycles. The Balaban J connectivity index is 1.51. The van der Waals surface area contributed by atoms with Crippen molar-refractivity contribution in [2.45, 2.75) is 4.90 Å². The van der Waals surface area contributed by atoms with E-state index in [1.807, 2.05) is 0 Å². The lowest BCUT2D eigenvalue weighted by Gasteiger charge is -2.34. The number of hydrogen-bond acceptors (Lipinski definition) is 4. The van der Waals surface area contributed by atoms with Gasteiger partial charge in [0.15, 0.2) is 11.6 Å². The Hall–Kier alpha value is -1.67. The third kappa shape index (κ3) is 4.35. The maximum absolute atomic E-state index is 13.5. The van der Waals surface area contributed by atoms with Crippen LogP contribution in [0.15, 0.2) is 53.4 Å². The first kappa shape index (κ1) is 19.1. The third-order valence-corrected chi connectivity index (χ3v) is 6.69. The van der Waals surface area contributed by atoms with E-state index >= 15 is 0 Å². The summed E-state index contributed by atoms with van der Waals surface area (Å²) >= 11 is 6.03. The third-order valence-electron chi connectivity index (χ3n) is 4.29. The number of rotatable bonds is 6. The first-order valence-corrected chi connectivity index (χ1v) is 10.1. The van der Waals surface area contributed by atoms with Gasteiger partial charge >= 0.3 is 0 Å². The van der Waals surface area contributed by atoms with Crippen molar-refractivity contribution in [3.8, 4) is 5.75 Å². The molecule has 1 aliphatic heterocycles. The molecule has 1 aliphatic rings. The van der Waals surface area contributed by atoms with Gasteiger partial charge in [0.05, 0.1) is 5.02 Å². The van der Waals surface area contributed by atoms with E-state index in [4.69, 9.17) is 16.3 Å². The summed E-state index contributed by atoms with van der Waals surface area (Å²) in [5.41, 5.74) is 0. The lowest BCUT2D eigenvalue weighted by atomic mass is 10.3. The molecule has 1 heterocycles. The number of para-hydroxylation sites is 1. The summed E-state index contributed by atoms with van der Waals surface area (Å²) < 4.78 is 45.8. The molecule has 0 spiro atoms. The molecule has 1 fully saturated rings. The number of ether oxygens (including phenoxy) is 1. The fourth-order valence-corrected chi connectivity index (χ4v) is 4.75. The number of hydrogen-bond donors (Lipinski definition) is 0. The molecule has 0 N–H and O–H groups in total. The van der Waals surface area contributed by atoms with Crippen molar-refractivity contribution >= 4 is 21.6 Å². The van der Waals surface area contributed by atoms with Gasteiger partial charge in [-0.3, -0.25) is 4.90 Å². The predicted molar refractivity (Wildman–Crippen MR) is 98.5 cm³/mol. The molecule has 0 amide bonds. The monoisotopic (exact) mass is 398 g/mol. The van der Waals surface area contributed by atoms with Gasteiger partial charge in [0.2, 0.25) is 10.0 Å². The zero-order chi connectivity index (χ0) is 18.6. The Morgan fingerprint density at radius 2 is 1.65 bits per heavy atom. The van der Waals surface area contributed by atoms with Crippen molar-refractivity contribution in [2.24, 2.45) is 0 Å². The minimum Gasteiger partial charge on any atom is -0.489 e. The van der Waals surface area contributed by atoms with Crippen LogP contribution in [0.3, 0.4) is 0 Å². The van der Waals surface area contributed by atoms with E-state index in [9.17, 15) is 12.8 Å². The van der Waals surface area contributed by atoms with Crippen LogP contribution in [0.2, 0.25) is 5.02 Å². The highest BCUT2D eigenvalue weighted by Gasteiger charge is 2.29. The van der Waals surface area contributed by atoms with Crippen LogP contribution in [0.1, 0.15) is 0 Å². The van der Waals surface area contributed by atoms with Crippen LogP contribution in [-0.4, -0.2) is 57.0 Å². The summed E-state index contributed by atoms with van der Waals surface area (Å²) in [4.78, 5) is 2.23. The van der Waals surface area contributed by atoms with Gasteiger partial charge in [-0.2, -0.15) is 4.31 Å². The first-order chi connectivity index (χ1) is 12.5. The van der Waals surface area contributed by atoms with E-state index in [1.165, 1.54) is 16.4 Å². The summed E-state index contributed by atoms with van der Waals surface area (Å²) in [6.07, 6.45) is 0. The zero-order valence-corrected chi connectivity index (χ0v) is 15.7. The summed E-state index contributed by atoms with van der Waals surface area (Å²) in [7, 11) is -3.59. The number of sulfonamides is 1. The molecule has 2 aromatic rings. The molecule has 0 atom stereocenters. The van der Waals surface area contributed by atoms with Crippen LogP contribution in [0.4, 0.5) is 4.39 Å². The molecular weight excluding hydrogens is 379 g/mol. The van der Waals surface area contributed by atoms with Crippen LogP contribution in [0.5, 0.6) is 5.75 Å². The van der Waals surface area contributed by atoms with Crippen molar-refractivity contribution in [3.63, 3.8) is 0 Å². The molecule has 0 aliphatic carbocycles. The van der Waals surface area contributed by atoms with Gasteiger partial charge in [-0.1, -0.05) is 35.9 Å². The predicted octanol–water partition coefficient (Wildman–Crippen LogP) is 2.86. The molecule has 0 radical (unpaired) electrons. The van der Waals surface area contributed by atoms with Gasteiger partial charge in [-0.05, 0) is 24.3 Å². The lowest BCUT2D eigenvalue weighted by Crippen LogP contribution is -2.49. The van der Waals surface area contributed by atoms with Gasteiger partial charge in [0.1, 0.15) is 11.5 Å². The normalized spacial score (nSPS) is 16.5. The van der Waals surface area contributed by atoms with Crippen molar-refractivity contribution in [2.75, 3.05) is 39.3 Å². The van der Waals surface area contributed by atoms with Crippen LogP contribution in [0, 0.1) is 5.82 Å². The highest BCUT2D eigenvalue weighted by molar-refractivity contribution is 7.89. The molecule has 0 aromatic heterocycles. The zero-order valence-electron chi connectivity index (χ0n) is 14.1. The lowest BCUT2D eigenvalue weighted by molar-refractivity contribution is 0.157. The van der Waals surface area contributed by atoms with E-state index in [2.05, 4.69) is 4.90 Å². The quantitative estimate of drug-likeness (QED) is 0.750. The van der Waals surface area contributed by atoms with Crippen molar-refractivity contribution in [3.05, 3.63) is 59.4 Å². The second-order valence-corrected chi connectivity index (χ2v) is 8.27. The van der Waals surface area contributed by atoms with E-state index in [-0.39, 0.29) is 21.5 Å². The van der Waals surface area contributed by atoms with Gasteiger partial charge in [-0.25, -0.2) is 12.8 Å². The van der Waals surface area contributed by atoms with E-state index in [1.54, 1.807) is 36.4 Å². The summed E-state index contributed by atoms with van der Waals surface area (Å²) in [5, 5.41) is 0.230. The topological polar surface area (TPSA) is 49.9 Å². The van der Waals surface area contributed by atoms with E-state index < -0.39 is 10.0 Å². The standard InChI is InChI=1S/C18H20ClFN2O3S/c19-15-5-1-4-8-18(15)26(23,24)22-11-9-21(10-12-22)13-14-25-17-7-3-2-6-16(17)20/h1-8H,9-14H2. The van der Waals surface area contributed by atoms with Crippen LogP contribution >= 0.6 is 11.6 Å². The maximum Gasteiger partial charge on any atom is 0.244 e. The Morgan fingerprint density at radius 3 is 2.35 bits per heavy atom. The van der Waals surface area contributed by atoms with Gasteiger partial charge in [-0.15, -0.1) is 0 Å². The molecule has 0 saturated carbocycles. The molecule has 3 rings (SSSR count). The Bertz CT molecular complexity index is 855. The second-order valence-electron chi connectivity index (χ2n) is 5.96. The smallest absolute Gasteiger partial charge is 0.244 e. The van der Waals surface area contributed by atoms with Gasteiger partial charge < -0.3 is 4.74 Å². The SMILES string of the molecule is O=S(=O)(c1ccccc1Cl)N1CCN(CCOc2ccccc2F)CC1. The van der Waals surface area contributed by atoms with E-state index in [0.717, 1.165) is 0 Å². The van der Waals surface area contributed by atoms with Crippen LogP contribution in [-0.2, 0) is 10.0 Å². The van der Waals surface area contributed by atoms with Gasteiger partial charge in [0.25, 0.3) is 0 Å². The Labute approximate surface area is 158 Å². The second kappa shape index (κ2) is 8.35. The molecule has 0 unspecified atom stereocenters. The molecule has 26 heavy (non-hydrogen) atoms. The number of nitrogens with zero attached hydrogens (tertiary/aromatic N) is 2. The number of halogens is 2. The fraction of sp³-hybridized carbons (Fsp3) is 0.333. The molecule has 8 heteroatoms. The fourth-order valence-electron chi connectivity index (χ4n) is 2.83. The molecule has 5 nitrogen and oxygen atoms in total. The molecule has 140 valence electrons. The van der Waals surface area contributed by atoms with Crippen molar-refractivity contribution < 1.29 is 17.5 Å². The largest absolute Gasteiger partial charge is 0.489 e.